The van der Waals surface area contributed by atoms with E-state index >= 15 is 0 Å². The fraction of sp³-hybridized carbons (Fsp3) is 1.00. The lowest BCUT2D eigenvalue weighted by Crippen LogP contribution is -2.15. The minimum Gasteiger partial charge on any atom is -0.379 e. The van der Waals surface area contributed by atoms with Gasteiger partial charge in [-0.15, -0.1) is 11.6 Å². The van der Waals surface area contributed by atoms with Crippen LogP contribution >= 0.6 is 11.6 Å². The molecular formula is C22H45ClO9. The van der Waals surface area contributed by atoms with Crippen LogP contribution in [0.3, 0.4) is 0 Å². The average Bonchev–Trinajstić information content (AvgIpc) is 2.81. The Morgan fingerprint density at radius 2 is 0.562 bits per heavy atom. The van der Waals surface area contributed by atoms with Crippen molar-refractivity contribution in [3.63, 3.8) is 0 Å². The Labute approximate surface area is 199 Å². The molecule has 0 aromatic carbocycles. The van der Waals surface area contributed by atoms with Crippen LogP contribution in [0.5, 0.6) is 0 Å². The standard InChI is InChI=1S/C22H45ClO9/c1-2-3-5-24-7-9-26-11-13-28-15-17-30-19-21-32-22-20-31-18-16-29-14-12-27-10-8-25-6-4-23/h2-22H2,1H3. The van der Waals surface area contributed by atoms with Crippen LogP contribution in [0.15, 0.2) is 0 Å². The van der Waals surface area contributed by atoms with Gasteiger partial charge in [0.2, 0.25) is 0 Å². The number of halogens is 1. The quantitative estimate of drug-likeness (QED) is 0.116. The van der Waals surface area contributed by atoms with Crippen LogP contribution in [0.2, 0.25) is 0 Å². The van der Waals surface area contributed by atoms with Crippen LogP contribution < -0.4 is 0 Å². The second kappa shape index (κ2) is 30.9. The number of rotatable bonds is 29. The summed E-state index contributed by atoms with van der Waals surface area (Å²) in [6.45, 7) is 12.4. The molecule has 0 saturated carbocycles. The molecule has 0 bridgehead atoms. The molecule has 0 unspecified atom stereocenters. The largest absolute Gasteiger partial charge is 0.379 e. The zero-order chi connectivity index (χ0) is 23.2. The molecule has 0 aliphatic rings. The molecule has 0 aromatic rings. The third-order valence-electron chi connectivity index (χ3n) is 3.84. The van der Waals surface area contributed by atoms with E-state index in [4.69, 9.17) is 54.2 Å². The maximum absolute atomic E-state index is 5.49. The molecule has 0 spiro atoms. The van der Waals surface area contributed by atoms with Crippen molar-refractivity contribution in [2.24, 2.45) is 0 Å². The fourth-order valence-corrected chi connectivity index (χ4v) is 2.27. The number of hydrogen-bond acceptors (Lipinski definition) is 9. The van der Waals surface area contributed by atoms with Crippen LogP contribution in [-0.2, 0) is 42.6 Å². The number of unbranched alkanes of at least 4 members (excludes halogenated alkanes) is 1. The van der Waals surface area contributed by atoms with Gasteiger partial charge in [-0.25, -0.2) is 0 Å². The molecule has 10 heteroatoms. The predicted molar refractivity (Wildman–Crippen MR) is 123 cm³/mol. The molecule has 0 fully saturated rings. The van der Waals surface area contributed by atoms with Gasteiger partial charge in [0.05, 0.1) is 112 Å². The van der Waals surface area contributed by atoms with Crippen molar-refractivity contribution >= 4 is 11.6 Å². The smallest absolute Gasteiger partial charge is 0.0701 e. The Hall–Kier alpha value is -0.0700. The van der Waals surface area contributed by atoms with Gasteiger partial charge < -0.3 is 42.6 Å². The molecule has 0 atom stereocenters. The molecular weight excluding hydrogens is 444 g/mol. The third kappa shape index (κ3) is 29.9. The second-order valence-electron chi connectivity index (χ2n) is 6.55. The predicted octanol–water partition coefficient (Wildman–Crippen LogP) is 2.17. The molecule has 0 aliphatic heterocycles. The molecule has 0 N–H and O–H groups in total. The first-order valence-corrected chi connectivity index (χ1v) is 12.2. The average molecular weight is 489 g/mol. The summed E-state index contributed by atoms with van der Waals surface area (Å²) in [5.74, 6) is 0.505. The van der Waals surface area contributed by atoms with E-state index in [0.29, 0.717) is 118 Å². The lowest BCUT2D eigenvalue weighted by Gasteiger charge is -2.08. The first kappa shape index (κ1) is 31.9. The van der Waals surface area contributed by atoms with Gasteiger partial charge in [0.15, 0.2) is 0 Å². The monoisotopic (exact) mass is 488 g/mol. The van der Waals surface area contributed by atoms with E-state index in [-0.39, 0.29) is 0 Å². The first-order chi connectivity index (χ1) is 15.9. The highest BCUT2D eigenvalue weighted by Gasteiger charge is 1.95. The molecule has 9 nitrogen and oxygen atoms in total. The van der Waals surface area contributed by atoms with E-state index < -0.39 is 0 Å². The molecule has 0 heterocycles. The normalized spacial score (nSPS) is 11.4. The Morgan fingerprint density at radius 1 is 0.344 bits per heavy atom. The number of hydrogen-bond donors (Lipinski definition) is 0. The Morgan fingerprint density at radius 3 is 0.781 bits per heavy atom. The Kier molecular flexibility index (Phi) is 30.9. The lowest BCUT2D eigenvalue weighted by molar-refractivity contribution is -0.0248. The zero-order valence-electron chi connectivity index (χ0n) is 19.9. The highest BCUT2D eigenvalue weighted by molar-refractivity contribution is 6.17. The van der Waals surface area contributed by atoms with Gasteiger partial charge in [-0.3, -0.25) is 0 Å². The topological polar surface area (TPSA) is 83.1 Å². The van der Waals surface area contributed by atoms with Crippen molar-refractivity contribution in [2.45, 2.75) is 19.8 Å². The molecule has 0 rings (SSSR count). The SMILES string of the molecule is CCCCOCCOCCOCCOCCOCCOCCOCCOCCOCCCl. The van der Waals surface area contributed by atoms with E-state index in [1.165, 1.54) is 0 Å². The van der Waals surface area contributed by atoms with E-state index in [1.54, 1.807) is 0 Å². The first-order valence-electron chi connectivity index (χ1n) is 11.7. The number of alkyl halides is 1. The van der Waals surface area contributed by atoms with Crippen molar-refractivity contribution in [3.8, 4) is 0 Å². The molecule has 0 radical (unpaired) electrons. The Bertz CT molecular complexity index is 298. The zero-order valence-corrected chi connectivity index (χ0v) is 20.7. The third-order valence-corrected chi connectivity index (χ3v) is 3.99. The van der Waals surface area contributed by atoms with E-state index in [0.717, 1.165) is 19.4 Å². The van der Waals surface area contributed by atoms with Gasteiger partial charge in [0.25, 0.3) is 0 Å². The highest BCUT2D eigenvalue weighted by Crippen LogP contribution is 1.89. The molecule has 194 valence electrons. The summed E-state index contributed by atoms with van der Waals surface area (Å²) in [5, 5.41) is 0. The van der Waals surface area contributed by atoms with E-state index in [9.17, 15) is 0 Å². The molecule has 0 saturated heterocycles. The number of ether oxygens (including phenoxy) is 9. The van der Waals surface area contributed by atoms with Crippen molar-refractivity contribution in [3.05, 3.63) is 0 Å². The summed E-state index contributed by atoms with van der Waals surface area (Å²) in [6, 6.07) is 0. The minimum absolute atomic E-state index is 0.505. The van der Waals surface area contributed by atoms with Gasteiger partial charge in [-0.05, 0) is 6.42 Å². The van der Waals surface area contributed by atoms with Crippen molar-refractivity contribution < 1.29 is 42.6 Å². The van der Waals surface area contributed by atoms with E-state index in [1.807, 2.05) is 0 Å². The van der Waals surface area contributed by atoms with Gasteiger partial charge in [0, 0.05) is 12.5 Å². The van der Waals surface area contributed by atoms with Gasteiger partial charge in [0.1, 0.15) is 0 Å². The van der Waals surface area contributed by atoms with Crippen molar-refractivity contribution in [1.82, 2.24) is 0 Å². The van der Waals surface area contributed by atoms with Gasteiger partial charge >= 0.3 is 0 Å². The fourth-order valence-electron chi connectivity index (χ4n) is 2.16. The molecule has 32 heavy (non-hydrogen) atoms. The Balaban J connectivity index is 2.98. The minimum atomic E-state index is 0.505. The van der Waals surface area contributed by atoms with Gasteiger partial charge in [-0.2, -0.15) is 0 Å². The molecule has 0 aliphatic carbocycles. The summed E-state index contributed by atoms with van der Waals surface area (Å²) < 4.78 is 48.5. The van der Waals surface area contributed by atoms with E-state index in [2.05, 4.69) is 6.92 Å². The summed E-state index contributed by atoms with van der Waals surface area (Å²) >= 11 is 5.49. The summed E-state index contributed by atoms with van der Waals surface area (Å²) in [6.07, 6.45) is 2.25. The van der Waals surface area contributed by atoms with Crippen molar-refractivity contribution in [1.29, 1.82) is 0 Å². The maximum atomic E-state index is 5.49. The highest BCUT2D eigenvalue weighted by atomic mass is 35.5. The van der Waals surface area contributed by atoms with Crippen molar-refractivity contribution in [2.75, 3.05) is 125 Å². The summed E-state index contributed by atoms with van der Waals surface area (Å²) in [5.41, 5.74) is 0. The van der Waals surface area contributed by atoms with Crippen LogP contribution in [0, 0.1) is 0 Å². The van der Waals surface area contributed by atoms with Crippen LogP contribution in [0.25, 0.3) is 0 Å². The van der Waals surface area contributed by atoms with Gasteiger partial charge in [-0.1, -0.05) is 13.3 Å². The summed E-state index contributed by atoms with van der Waals surface area (Å²) in [7, 11) is 0. The molecule has 0 aromatic heterocycles. The maximum Gasteiger partial charge on any atom is 0.0701 e. The van der Waals surface area contributed by atoms with Crippen LogP contribution in [0.1, 0.15) is 19.8 Å². The summed E-state index contributed by atoms with van der Waals surface area (Å²) in [4.78, 5) is 0. The van der Waals surface area contributed by atoms with Crippen LogP contribution in [0.4, 0.5) is 0 Å². The van der Waals surface area contributed by atoms with Crippen LogP contribution in [-0.4, -0.2) is 125 Å². The second-order valence-corrected chi connectivity index (χ2v) is 6.93. The lowest BCUT2D eigenvalue weighted by atomic mass is 10.4. The molecule has 0 amide bonds.